The fourth-order valence-electron chi connectivity index (χ4n) is 1.44. The molecule has 98 valence electrons. The molecule has 1 aromatic rings. The normalized spacial score (nSPS) is 16.2. The standard InChI is InChI=1S/C13H23NO2S/c1-9(2)12(11-8-7-10(3)16-11)14-17(15)13(4,5)6/h7-9,12,14H,1-6H3/t12?,17-/m0/s1. The summed E-state index contributed by atoms with van der Waals surface area (Å²) in [7, 11) is 0. The zero-order valence-electron chi connectivity index (χ0n) is 11.5. The van der Waals surface area contributed by atoms with Crippen molar-refractivity contribution in [3.8, 4) is 0 Å². The predicted octanol–water partition coefficient (Wildman–Crippen LogP) is 3.34. The van der Waals surface area contributed by atoms with Gasteiger partial charge in [-0.1, -0.05) is 13.8 Å². The highest BCUT2D eigenvalue weighted by Gasteiger charge is 2.32. The van der Waals surface area contributed by atoms with E-state index in [4.69, 9.17) is 4.42 Å². The fraction of sp³-hybridized carbons (Fsp3) is 0.692. The van der Waals surface area contributed by atoms with Gasteiger partial charge < -0.3 is 8.97 Å². The summed E-state index contributed by atoms with van der Waals surface area (Å²) >= 11 is -1.09. The molecule has 4 heteroatoms. The summed E-state index contributed by atoms with van der Waals surface area (Å²) in [5.74, 6) is 2.07. The lowest BCUT2D eigenvalue weighted by molar-refractivity contribution is 0.365. The second kappa shape index (κ2) is 5.46. The Labute approximate surface area is 107 Å². The molecule has 1 rings (SSSR count). The van der Waals surface area contributed by atoms with Crippen LogP contribution in [0.3, 0.4) is 0 Å². The van der Waals surface area contributed by atoms with Gasteiger partial charge in [0.1, 0.15) is 22.3 Å². The van der Waals surface area contributed by atoms with E-state index in [0.717, 1.165) is 11.5 Å². The van der Waals surface area contributed by atoms with Crippen LogP contribution in [0.25, 0.3) is 0 Å². The Morgan fingerprint density at radius 2 is 1.88 bits per heavy atom. The molecular formula is C13H23NO2S. The Morgan fingerprint density at radius 3 is 2.24 bits per heavy atom. The molecule has 0 aromatic carbocycles. The van der Waals surface area contributed by atoms with Crippen molar-refractivity contribution in [1.29, 1.82) is 0 Å². The summed E-state index contributed by atoms with van der Waals surface area (Å²) in [6, 6.07) is 3.88. The summed E-state index contributed by atoms with van der Waals surface area (Å²) in [5, 5.41) is 0. The highest BCUT2D eigenvalue weighted by molar-refractivity contribution is 7.90. The van der Waals surface area contributed by atoms with Crippen molar-refractivity contribution in [1.82, 2.24) is 4.72 Å². The molecule has 0 amide bonds. The third-order valence-corrected chi connectivity index (χ3v) is 4.10. The fourth-order valence-corrected chi connectivity index (χ4v) is 2.41. The van der Waals surface area contributed by atoms with Crippen LogP contribution in [0.1, 0.15) is 52.2 Å². The van der Waals surface area contributed by atoms with E-state index < -0.39 is 11.4 Å². The molecule has 0 fully saturated rings. The number of hydrogen-bond acceptors (Lipinski definition) is 3. The molecule has 0 saturated carbocycles. The minimum atomic E-state index is -1.09. The van der Waals surface area contributed by atoms with E-state index in [1.807, 2.05) is 39.8 Å². The lowest BCUT2D eigenvalue weighted by atomic mass is 10.0. The second-order valence-electron chi connectivity index (χ2n) is 5.67. The van der Waals surface area contributed by atoms with Crippen molar-refractivity contribution in [2.75, 3.05) is 0 Å². The van der Waals surface area contributed by atoms with Crippen molar-refractivity contribution in [3.05, 3.63) is 23.7 Å². The quantitative estimate of drug-likeness (QED) is 0.842. The van der Waals surface area contributed by atoms with Crippen molar-refractivity contribution < 1.29 is 8.97 Å². The second-order valence-corrected chi connectivity index (χ2v) is 7.67. The van der Waals surface area contributed by atoms with Crippen LogP contribution in [-0.4, -0.2) is 9.30 Å². The molecule has 0 bridgehead atoms. The molecule has 1 heterocycles. The van der Waals surface area contributed by atoms with Crippen LogP contribution >= 0.6 is 0 Å². The first-order chi connectivity index (χ1) is 7.71. The molecule has 3 nitrogen and oxygen atoms in total. The maximum Gasteiger partial charge on any atom is 0.136 e. The van der Waals surface area contributed by atoms with Crippen LogP contribution in [0.15, 0.2) is 16.5 Å². The van der Waals surface area contributed by atoms with Crippen molar-refractivity contribution in [2.24, 2.45) is 5.92 Å². The van der Waals surface area contributed by atoms with Gasteiger partial charge in [0.2, 0.25) is 0 Å². The molecular weight excluding hydrogens is 234 g/mol. The molecule has 0 saturated heterocycles. The lowest BCUT2D eigenvalue weighted by Gasteiger charge is -2.28. The number of hydrogen-bond donors (Lipinski definition) is 1. The van der Waals surface area contributed by atoms with Gasteiger partial charge in [0, 0.05) is 11.4 Å². The number of rotatable bonds is 4. The van der Waals surface area contributed by atoms with Crippen LogP contribution in [0.5, 0.6) is 0 Å². The monoisotopic (exact) mass is 257 g/mol. The Bertz CT molecular complexity index is 355. The van der Waals surface area contributed by atoms with Gasteiger partial charge in [-0.3, -0.25) is 0 Å². The molecule has 0 spiro atoms. The van der Waals surface area contributed by atoms with E-state index in [1.54, 1.807) is 0 Å². The summed E-state index contributed by atoms with van der Waals surface area (Å²) in [4.78, 5) is 0. The Morgan fingerprint density at radius 1 is 1.29 bits per heavy atom. The molecule has 1 aromatic heterocycles. The van der Waals surface area contributed by atoms with Gasteiger partial charge >= 0.3 is 0 Å². The predicted molar refractivity (Wildman–Crippen MR) is 72.1 cm³/mol. The van der Waals surface area contributed by atoms with Crippen LogP contribution in [0.2, 0.25) is 0 Å². The van der Waals surface area contributed by atoms with Gasteiger partial charge in [-0.2, -0.15) is 0 Å². The highest BCUT2D eigenvalue weighted by atomic mass is 32.2. The topological polar surface area (TPSA) is 48.2 Å². The van der Waals surface area contributed by atoms with Gasteiger partial charge in [0.15, 0.2) is 0 Å². The Hall–Kier alpha value is -0.450. The first kappa shape index (κ1) is 14.6. The zero-order valence-corrected chi connectivity index (χ0v) is 12.4. The Kier molecular flexibility index (Phi) is 4.69. The van der Waals surface area contributed by atoms with E-state index in [0.29, 0.717) is 5.92 Å². The molecule has 17 heavy (non-hydrogen) atoms. The van der Waals surface area contributed by atoms with Gasteiger partial charge in [-0.25, -0.2) is 0 Å². The maximum absolute atomic E-state index is 12.1. The molecule has 0 aliphatic carbocycles. The minimum Gasteiger partial charge on any atom is -0.598 e. The summed E-state index contributed by atoms with van der Waals surface area (Å²) < 4.78 is 20.6. The summed E-state index contributed by atoms with van der Waals surface area (Å²) in [6.07, 6.45) is 0. The SMILES string of the molecule is Cc1ccc(C(N[S@@+]([O-])C(C)(C)C)C(C)C)o1. The van der Waals surface area contributed by atoms with Crippen LogP contribution < -0.4 is 4.72 Å². The lowest BCUT2D eigenvalue weighted by Crippen LogP contribution is -2.42. The van der Waals surface area contributed by atoms with Gasteiger partial charge in [-0.15, -0.1) is 4.72 Å². The average Bonchev–Trinajstić information content (AvgIpc) is 2.58. The van der Waals surface area contributed by atoms with E-state index in [1.165, 1.54) is 0 Å². The molecule has 0 radical (unpaired) electrons. The minimum absolute atomic E-state index is 0.0104. The van der Waals surface area contributed by atoms with Crippen LogP contribution in [-0.2, 0) is 11.4 Å². The summed E-state index contributed by atoms with van der Waals surface area (Å²) in [5.41, 5.74) is 0. The van der Waals surface area contributed by atoms with Crippen LogP contribution in [0.4, 0.5) is 0 Å². The van der Waals surface area contributed by atoms with Crippen molar-refractivity contribution >= 4 is 11.4 Å². The zero-order chi connectivity index (χ0) is 13.2. The van der Waals surface area contributed by atoms with Crippen LogP contribution in [0, 0.1) is 12.8 Å². The van der Waals surface area contributed by atoms with Crippen molar-refractivity contribution in [3.63, 3.8) is 0 Å². The third kappa shape index (κ3) is 4.05. The van der Waals surface area contributed by atoms with E-state index in [-0.39, 0.29) is 10.8 Å². The smallest absolute Gasteiger partial charge is 0.136 e. The first-order valence-electron chi connectivity index (χ1n) is 5.96. The number of aryl methyl sites for hydroxylation is 1. The van der Waals surface area contributed by atoms with Gasteiger partial charge in [0.05, 0.1) is 0 Å². The third-order valence-electron chi connectivity index (χ3n) is 2.52. The number of nitrogens with one attached hydrogen (secondary N) is 1. The average molecular weight is 257 g/mol. The molecule has 1 unspecified atom stereocenters. The van der Waals surface area contributed by atoms with Gasteiger partial charge in [0.25, 0.3) is 0 Å². The first-order valence-corrected chi connectivity index (χ1v) is 7.11. The summed E-state index contributed by atoms with van der Waals surface area (Å²) in [6.45, 7) is 12.0. The van der Waals surface area contributed by atoms with Crippen molar-refractivity contribution in [2.45, 2.75) is 52.3 Å². The molecule has 2 atom stereocenters. The number of furan rings is 1. The maximum atomic E-state index is 12.1. The molecule has 0 aliphatic rings. The molecule has 0 aliphatic heterocycles. The van der Waals surface area contributed by atoms with E-state index >= 15 is 0 Å². The van der Waals surface area contributed by atoms with E-state index in [9.17, 15) is 4.55 Å². The molecule has 1 N–H and O–H groups in total. The van der Waals surface area contributed by atoms with Gasteiger partial charge in [-0.05, 0) is 45.7 Å². The highest BCUT2D eigenvalue weighted by Crippen LogP contribution is 2.26. The van der Waals surface area contributed by atoms with E-state index in [2.05, 4.69) is 18.6 Å². The largest absolute Gasteiger partial charge is 0.598 e. The Balaban J connectivity index is 2.81.